The lowest BCUT2D eigenvalue weighted by Crippen LogP contribution is -2.37. The van der Waals surface area contributed by atoms with E-state index in [-0.39, 0.29) is 0 Å². The van der Waals surface area contributed by atoms with Gasteiger partial charge in [0, 0.05) is 30.2 Å². The van der Waals surface area contributed by atoms with E-state index < -0.39 is 0 Å². The Kier molecular flexibility index (Phi) is 5.01. The van der Waals surface area contributed by atoms with E-state index in [1.165, 1.54) is 35.8 Å². The Morgan fingerprint density at radius 1 is 1.50 bits per heavy atom. The maximum absolute atomic E-state index is 4.59. The number of piperidine rings is 1. The fourth-order valence-electron chi connectivity index (χ4n) is 2.38. The van der Waals surface area contributed by atoms with Crippen LogP contribution in [-0.4, -0.2) is 24.1 Å². The van der Waals surface area contributed by atoms with Crippen molar-refractivity contribution in [3.8, 4) is 0 Å². The van der Waals surface area contributed by atoms with Crippen molar-refractivity contribution in [1.82, 2.24) is 10.3 Å². The van der Waals surface area contributed by atoms with Crippen LogP contribution in [0.4, 0.5) is 5.13 Å². The van der Waals surface area contributed by atoms with Gasteiger partial charge in [-0.3, -0.25) is 0 Å². The molecule has 1 N–H and O–H groups in total. The Balaban J connectivity index is 1.88. The zero-order chi connectivity index (χ0) is 13.0. The van der Waals surface area contributed by atoms with Crippen LogP contribution >= 0.6 is 11.3 Å². The molecule has 1 saturated heterocycles. The van der Waals surface area contributed by atoms with Crippen molar-refractivity contribution < 1.29 is 0 Å². The zero-order valence-corrected chi connectivity index (χ0v) is 12.6. The van der Waals surface area contributed by atoms with Gasteiger partial charge >= 0.3 is 0 Å². The minimum absolute atomic E-state index is 0.654. The maximum atomic E-state index is 4.59. The van der Waals surface area contributed by atoms with Gasteiger partial charge in [-0.25, -0.2) is 4.98 Å². The van der Waals surface area contributed by atoms with Gasteiger partial charge in [-0.1, -0.05) is 13.8 Å². The van der Waals surface area contributed by atoms with E-state index >= 15 is 0 Å². The largest absolute Gasteiger partial charge is 0.345 e. The van der Waals surface area contributed by atoms with E-state index in [0.717, 1.165) is 13.1 Å². The van der Waals surface area contributed by atoms with Gasteiger partial charge in [-0.2, -0.15) is 0 Å². The Labute approximate surface area is 115 Å². The molecular weight excluding hydrogens is 242 g/mol. The number of thiazole rings is 1. The molecule has 1 unspecified atom stereocenters. The standard InChI is InChI=1S/C14H25N3S/c1-11(2)8-15-9-13-10-16-14(18-13)17-7-5-4-6-12(17)3/h10-12,15H,4-9H2,1-3H3. The van der Waals surface area contributed by atoms with Crippen molar-refractivity contribution in [3.63, 3.8) is 0 Å². The molecule has 2 rings (SSSR count). The first kappa shape index (κ1) is 13.8. The summed E-state index contributed by atoms with van der Waals surface area (Å²) in [6, 6.07) is 0.654. The predicted octanol–water partition coefficient (Wildman–Crippen LogP) is 3.27. The molecule has 4 heteroatoms. The number of hydrogen-bond donors (Lipinski definition) is 1. The summed E-state index contributed by atoms with van der Waals surface area (Å²) in [6.45, 7) is 10.00. The molecule has 0 amide bonds. The first-order chi connectivity index (χ1) is 8.66. The first-order valence-corrected chi connectivity index (χ1v) is 7.90. The van der Waals surface area contributed by atoms with Crippen molar-refractivity contribution in [3.05, 3.63) is 11.1 Å². The van der Waals surface area contributed by atoms with Gasteiger partial charge in [-0.15, -0.1) is 11.3 Å². The Morgan fingerprint density at radius 2 is 2.33 bits per heavy atom. The van der Waals surface area contributed by atoms with E-state index in [1.54, 1.807) is 0 Å². The van der Waals surface area contributed by atoms with Crippen molar-refractivity contribution >= 4 is 16.5 Å². The zero-order valence-electron chi connectivity index (χ0n) is 11.8. The number of nitrogens with zero attached hydrogens (tertiary/aromatic N) is 2. The highest BCUT2D eigenvalue weighted by atomic mass is 32.1. The van der Waals surface area contributed by atoms with E-state index in [1.807, 2.05) is 17.5 Å². The summed E-state index contributed by atoms with van der Waals surface area (Å²) in [5, 5.41) is 4.69. The summed E-state index contributed by atoms with van der Waals surface area (Å²) in [4.78, 5) is 8.42. The number of anilines is 1. The highest BCUT2D eigenvalue weighted by Crippen LogP contribution is 2.28. The summed E-state index contributed by atoms with van der Waals surface area (Å²) in [7, 11) is 0. The number of rotatable bonds is 5. The lowest BCUT2D eigenvalue weighted by atomic mass is 10.1. The van der Waals surface area contributed by atoms with E-state index in [4.69, 9.17) is 0 Å². The minimum Gasteiger partial charge on any atom is -0.345 e. The molecule has 0 spiro atoms. The van der Waals surface area contributed by atoms with E-state index in [9.17, 15) is 0 Å². The summed E-state index contributed by atoms with van der Waals surface area (Å²) in [5.41, 5.74) is 0. The normalized spacial score (nSPS) is 20.7. The third kappa shape index (κ3) is 3.69. The van der Waals surface area contributed by atoms with Crippen molar-refractivity contribution in [1.29, 1.82) is 0 Å². The number of aromatic nitrogens is 1. The van der Waals surface area contributed by atoms with Crippen LogP contribution in [-0.2, 0) is 6.54 Å². The van der Waals surface area contributed by atoms with Crippen molar-refractivity contribution in [2.45, 2.75) is 52.6 Å². The molecule has 1 atom stereocenters. The van der Waals surface area contributed by atoms with Crippen LogP contribution in [0.3, 0.4) is 0 Å². The second-order valence-electron chi connectivity index (χ2n) is 5.67. The van der Waals surface area contributed by atoms with Gasteiger partial charge < -0.3 is 10.2 Å². The molecule has 1 aromatic heterocycles. The summed E-state index contributed by atoms with van der Waals surface area (Å²) >= 11 is 1.85. The predicted molar refractivity (Wildman–Crippen MR) is 79.3 cm³/mol. The molecule has 0 aromatic carbocycles. The summed E-state index contributed by atoms with van der Waals surface area (Å²) in [5.74, 6) is 0.708. The number of hydrogen-bond acceptors (Lipinski definition) is 4. The molecule has 2 heterocycles. The van der Waals surface area contributed by atoms with Gasteiger partial charge in [0.1, 0.15) is 0 Å². The van der Waals surface area contributed by atoms with Crippen LogP contribution in [0, 0.1) is 5.92 Å². The molecule has 1 aliphatic rings. The Morgan fingerprint density at radius 3 is 3.06 bits per heavy atom. The fourth-order valence-corrected chi connectivity index (χ4v) is 3.39. The third-order valence-electron chi connectivity index (χ3n) is 3.44. The highest BCUT2D eigenvalue weighted by Gasteiger charge is 2.20. The molecule has 1 fully saturated rings. The van der Waals surface area contributed by atoms with Gasteiger partial charge in [0.2, 0.25) is 0 Å². The molecular formula is C14H25N3S. The smallest absolute Gasteiger partial charge is 0.185 e. The van der Waals surface area contributed by atoms with Crippen LogP contribution < -0.4 is 10.2 Å². The Hall–Kier alpha value is -0.610. The molecule has 18 heavy (non-hydrogen) atoms. The van der Waals surface area contributed by atoms with Gasteiger partial charge in [0.15, 0.2) is 5.13 Å². The van der Waals surface area contributed by atoms with Gasteiger partial charge in [0.05, 0.1) is 0 Å². The topological polar surface area (TPSA) is 28.2 Å². The van der Waals surface area contributed by atoms with Crippen LogP contribution in [0.15, 0.2) is 6.20 Å². The summed E-state index contributed by atoms with van der Waals surface area (Å²) in [6.07, 6.45) is 6.02. The van der Waals surface area contributed by atoms with Crippen LogP contribution in [0.25, 0.3) is 0 Å². The molecule has 0 bridgehead atoms. The van der Waals surface area contributed by atoms with Crippen LogP contribution in [0.2, 0.25) is 0 Å². The fraction of sp³-hybridized carbons (Fsp3) is 0.786. The SMILES string of the molecule is CC(C)CNCc1cnc(N2CCCCC2C)s1. The molecule has 3 nitrogen and oxygen atoms in total. The van der Waals surface area contributed by atoms with Gasteiger partial charge in [-0.05, 0) is 38.6 Å². The molecule has 102 valence electrons. The Bertz CT molecular complexity index is 362. The van der Waals surface area contributed by atoms with Crippen LogP contribution in [0.5, 0.6) is 0 Å². The van der Waals surface area contributed by atoms with Crippen molar-refractivity contribution in [2.75, 3.05) is 18.0 Å². The average Bonchev–Trinajstić information content (AvgIpc) is 2.78. The number of nitrogens with one attached hydrogen (secondary N) is 1. The third-order valence-corrected chi connectivity index (χ3v) is 4.48. The lowest BCUT2D eigenvalue weighted by Gasteiger charge is -2.33. The molecule has 1 aromatic rings. The van der Waals surface area contributed by atoms with E-state index in [0.29, 0.717) is 12.0 Å². The quantitative estimate of drug-likeness (QED) is 0.887. The highest BCUT2D eigenvalue weighted by molar-refractivity contribution is 7.15. The molecule has 0 aliphatic carbocycles. The van der Waals surface area contributed by atoms with E-state index in [2.05, 4.69) is 36.0 Å². The molecule has 0 radical (unpaired) electrons. The summed E-state index contributed by atoms with van der Waals surface area (Å²) < 4.78 is 0. The van der Waals surface area contributed by atoms with Crippen molar-refractivity contribution in [2.24, 2.45) is 5.92 Å². The molecule has 1 aliphatic heterocycles. The first-order valence-electron chi connectivity index (χ1n) is 7.09. The second kappa shape index (κ2) is 6.53. The van der Waals surface area contributed by atoms with Crippen LogP contribution in [0.1, 0.15) is 44.9 Å². The van der Waals surface area contributed by atoms with Gasteiger partial charge in [0.25, 0.3) is 0 Å². The minimum atomic E-state index is 0.654. The maximum Gasteiger partial charge on any atom is 0.185 e. The second-order valence-corrected chi connectivity index (χ2v) is 6.77. The average molecular weight is 267 g/mol. The lowest BCUT2D eigenvalue weighted by molar-refractivity contribution is 0.484. The monoisotopic (exact) mass is 267 g/mol. The molecule has 0 saturated carbocycles.